The van der Waals surface area contributed by atoms with Gasteiger partial charge in [-0.05, 0) is 49.2 Å². The second-order valence-corrected chi connectivity index (χ2v) is 9.67. The summed E-state index contributed by atoms with van der Waals surface area (Å²) in [5.41, 5.74) is 3.31. The van der Waals surface area contributed by atoms with Gasteiger partial charge >= 0.3 is 5.97 Å². The molecule has 2 N–H and O–H groups in total. The number of hydrogen-bond donors (Lipinski definition) is 2. The zero-order valence-electron chi connectivity index (χ0n) is 20.2. The van der Waals surface area contributed by atoms with E-state index in [1.165, 1.54) is 18.0 Å². The molecule has 7 nitrogen and oxygen atoms in total. The second kappa shape index (κ2) is 11.9. The van der Waals surface area contributed by atoms with Crippen LogP contribution in [0.2, 0.25) is 5.02 Å². The summed E-state index contributed by atoms with van der Waals surface area (Å²) in [6.45, 7) is 3.65. The third-order valence-corrected chi connectivity index (χ3v) is 7.22. The zero-order valence-corrected chi connectivity index (χ0v) is 21.8. The molecule has 1 aliphatic heterocycles. The number of carbonyl (C=O) groups excluding carboxylic acids is 2. The van der Waals surface area contributed by atoms with Crippen molar-refractivity contribution < 1.29 is 18.7 Å². The maximum Gasteiger partial charge on any atom is 0.337 e. The van der Waals surface area contributed by atoms with Crippen LogP contribution in [0.1, 0.15) is 29.7 Å². The van der Waals surface area contributed by atoms with Crippen LogP contribution < -0.4 is 10.6 Å². The van der Waals surface area contributed by atoms with E-state index in [9.17, 15) is 14.9 Å². The summed E-state index contributed by atoms with van der Waals surface area (Å²) in [6.07, 6.45) is 1.49. The van der Waals surface area contributed by atoms with Gasteiger partial charge in [0.15, 0.2) is 0 Å². The Morgan fingerprint density at radius 1 is 1.14 bits per heavy atom. The van der Waals surface area contributed by atoms with Gasteiger partial charge in [-0.25, -0.2) is 4.79 Å². The molecule has 188 valence electrons. The van der Waals surface area contributed by atoms with Gasteiger partial charge in [0.2, 0.25) is 5.91 Å². The summed E-state index contributed by atoms with van der Waals surface area (Å²) in [5.74, 6) is -1.12. The van der Waals surface area contributed by atoms with E-state index in [1.54, 1.807) is 37.3 Å². The molecule has 1 aromatic heterocycles. The summed E-state index contributed by atoms with van der Waals surface area (Å²) >= 11 is 7.32. The highest BCUT2D eigenvalue weighted by Gasteiger charge is 2.37. The summed E-state index contributed by atoms with van der Waals surface area (Å²) in [4.78, 5) is 25.9. The Hall–Kier alpha value is -3.93. The van der Waals surface area contributed by atoms with Crippen molar-refractivity contribution in [2.24, 2.45) is 0 Å². The van der Waals surface area contributed by atoms with Crippen LogP contribution in [0.4, 0.5) is 5.69 Å². The smallest absolute Gasteiger partial charge is 0.337 e. The van der Waals surface area contributed by atoms with E-state index in [0.717, 1.165) is 11.1 Å². The van der Waals surface area contributed by atoms with E-state index in [1.807, 2.05) is 37.3 Å². The van der Waals surface area contributed by atoms with Crippen LogP contribution in [0.5, 0.6) is 0 Å². The number of nitrogens with one attached hydrogen (secondary N) is 2. The number of furan rings is 1. The Morgan fingerprint density at radius 2 is 1.92 bits per heavy atom. The zero-order chi connectivity index (χ0) is 26.4. The number of halogens is 1. The van der Waals surface area contributed by atoms with Crippen molar-refractivity contribution in [3.8, 4) is 6.07 Å². The topological polar surface area (TPSA) is 104 Å². The summed E-state index contributed by atoms with van der Waals surface area (Å²) in [7, 11) is 0. The van der Waals surface area contributed by atoms with Crippen molar-refractivity contribution in [3.05, 3.63) is 111 Å². The van der Waals surface area contributed by atoms with Gasteiger partial charge in [-0.15, -0.1) is 0 Å². The van der Waals surface area contributed by atoms with Gasteiger partial charge in [0, 0.05) is 16.4 Å². The van der Waals surface area contributed by atoms with Gasteiger partial charge in [-0.2, -0.15) is 5.26 Å². The third-order valence-electron chi connectivity index (χ3n) is 5.80. The highest BCUT2D eigenvalue weighted by atomic mass is 35.5. The minimum absolute atomic E-state index is 0.0331. The second-order valence-electron chi connectivity index (χ2n) is 8.28. The van der Waals surface area contributed by atoms with E-state index in [2.05, 4.69) is 16.7 Å². The maximum atomic E-state index is 13.2. The number of benzene rings is 2. The van der Waals surface area contributed by atoms with Crippen molar-refractivity contribution in [3.63, 3.8) is 0 Å². The molecule has 4 rings (SSSR count). The van der Waals surface area contributed by atoms with Crippen LogP contribution in [-0.4, -0.2) is 17.6 Å². The Morgan fingerprint density at radius 3 is 2.62 bits per heavy atom. The number of esters is 1. The molecular formula is C28H24ClN3O4S. The molecular weight excluding hydrogens is 510 g/mol. The quantitative estimate of drug-likeness (QED) is 0.339. The number of amides is 1. The van der Waals surface area contributed by atoms with E-state index in [0.29, 0.717) is 27.2 Å². The van der Waals surface area contributed by atoms with Gasteiger partial charge in [0.1, 0.15) is 12.4 Å². The number of rotatable bonds is 8. The summed E-state index contributed by atoms with van der Waals surface area (Å²) in [6, 6.07) is 20.2. The molecule has 0 fully saturated rings. The molecule has 0 spiro atoms. The Kier molecular flexibility index (Phi) is 8.39. The normalized spacial score (nSPS) is 15.1. The highest BCUT2D eigenvalue weighted by Crippen LogP contribution is 2.41. The lowest BCUT2D eigenvalue weighted by Gasteiger charge is -2.28. The van der Waals surface area contributed by atoms with Gasteiger partial charge in [-0.1, -0.05) is 59.8 Å². The molecule has 2 heterocycles. The average molecular weight is 534 g/mol. The number of hydrogen-bond acceptors (Lipinski definition) is 7. The van der Waals surface area contributed by atoms with Crippen molar-refractivity contribution in [1.82, 2.24) is 5.32 Å². The van der Waals surface area contributed by atoms with Crippen LogP contribution >= 0.6 is 23.4 Å². The number of carbonyl (C=O) groups is 2. The number of nitriles is 1. The van der Waals surface area contributed by atoms with Gasteiger partial charge < -0.3 is 19.8 Å². The first kappa shape index (κ1) is 26.1. The fraction of sp³-hybridized carbons (Fsp3) is 0.179. The predicted octanol–water partition coefficient (Wildman–Crippen LogP) is 6.05. The Labute approximate surface area is 224 Å². The van der Waals surface area contributed by atoms with Gasteiger partial charge in [0.25, 0.3) is 0 Å². The first-order valence-corrected chi connectivity index (χ1v) is 12.8. The molecule has 2 aromatic carbocycles. The lowest BCUT2D eigenvalue weighted by atomic mass is 9.86. The molecule has 0 bridgehead atoms. The monoisotopic (exact) mass is 533 g/mol. The number of ether oxygens (including phenoxy) is 1. The van der Waals surface area contributed by atoms with Crippen molar-refractivity contribution in [2.45, 2.75) is 26.4 Å². The molecule has 0 unspecified atom stereocenters. The minimum atomic E-state index is -0.773. The molecule has 1 aliphatic rings. The molecule has 37 heavy (non-hydrogen) atoms. The van der Waals surface area contributed by atoms with Crippen LogP contribution in [0, 0.1) is 18.3 Å². The fourth-order valence-electron chi connectivity index (χ4n) is 3.90. The Balaban J connectivity index is 1.54. The van der Waals surface area contributed by atoms with E-state index in [4.69, 9.17) is 20.8 Å². The van der Waals surface area contributed by atoms with E-state index in [-0.39, 0.29) is 29.4 Å². The van der Waals surface area contributed by atoms with Crippen molar-refractivity contribution in [1.29, 1.82) is 5.26 Å². The van der Waals surface area contributed by atoms with Gasteiger partial charge in [0.05, 0.1) is 40.2 Å². The number of allylic oxidation sites excluding steroid dienone is 2. The van der Waals surface area contributed by atoms with Crippen LogP contribution in [0.3, 0.4) is 0 Å². The summed E-state index contributed by atoms with van der Waals surface area (Å²) in [5, 5.41) is 17.1. The highest BCUT2D eigenvalue weighted by molar-refractivity contribution is 8.03. The lowest BCUT2D eigenvalue weighted by molar-refractivity contribution is -0.140. The molecule has 0 aliphatic carbocycles. The molecule has 3 aromatic rings. The predicted molar refractivity (Wildman–Crippen MR) is 143 cm³/mol. The number of dihydropyridines is 1. The number of anilines is 1. The van der Waals surface area contributed by atoms with Crippen LogP contribution in [0.15, 0.2) is 93.2 Å². The lowest BCUT2D eigenvalue weighted by Crippen LogP contribution is -2.29. The van der Waals surface area contributed by atoms with E-state index >= 15 is 0 Å². The van der Waals surface area contributed by atoms with E-state index < -0.39 is 11.9 Å². The molecule has 0 saturated carbocycles. The average Bonchev–Trinajstić information content (AvgIpc) is 3.43. The molecule has 0 radical (unpaired) electrons. The van der Waals surface area contributed by atoms with Crippen molar-refractivity contribution >= 4 is 40.9 Å². The largest absolute Gasteiger partial charge is 0.468 e. The van der Waals surface area contributed by atoms with Crippen LogP contribution in [0.25, 0.3) is 0 Å². The standard InChI is InChI=1S/C28H24ClN3O4S/c1-17-21(29)10-6-11-22(17)32-24(33)16-37-27-20(14-30)26(23-12-7-13-35-23)25(18(2)31-27)28(34)36-15-19-8-4-3-5-9-19/h3-13,26,31H,15-16H2,1-2H3,(H,32,33)/t26-/m1/s1. The fourth-order valence-corrected chi connectivity index (χ4v) is 4.97. The first-order chi connectivity index (χ1) is 17.9. The third kappa shape index (κ3) is 6.08. The maximum absolute atomic E-state index is 13.2. The number of thioether (sulfide) groups is 1. The summed E-state index contributed by atoms with van der Waals surface area (Å²) < 4.78 is 11.2. The van der Waals surface area contributed by atoms with Crippen LogP contribution in [-0.2, 0) is 20.9 Å². The number of nitrogens with zero attached hydrogens (tertiary/aromatic N) is 1. The Bertz CT molecular complexity index is 1410. The molecule has 9 heteroatoms. The molecule has 0 saturated heterocycles. The van der Waals surface area contributed by atoms with Crippen molar-refractivity contribution in [2.75, 3.05) is 11.1 Å². The van der Waals surface area contributed by atoms with Gasteiger partial charge in [-0.3, -0.25) is 4.79 Å². The first-order valence-electron chi connectivity index (χ1n) is 11.4. The minimum Gasteiger partial charge on any atom is -0.468 e. The molecule has 1 amide bonds. The SMILES string of the molecule is CC1=C(C(=O)OCc2ccccc2)[C@@H](c2ccco2)C(C#N)=C(SCC(=O)Nc2cccc(Cl)c2C)N1. The molecule has 1 atom stereocenters.